The van der Waals surface area contributed by atoms with Crippen molar-refractivity contribution in [2.45, 2.75) is 0 Å². The Bertz CT molecular complexity index is 3460. The Morgan fingerprint density at radius 1 is 0.434 bits per heavy atom. The molecule has 53 heavy (non-hydrogen) atoms. The molecule has 5 heteroatoms. The maximum Gasteiger partial charge on any atom is 0.247 e. The van der Waals surface area contributed by atoms with Crippen molar-refractivity contribution in [1.82, 2.24) is 19.1 Å². The lowest BCUT2D eigenvalue weighted by atomic mass is 10.0. The van der Waals surface area contributed by atoms with Crippen LogP contribution in [0.3, 0.4) is 0 Å². The van der Waals surface area contributed by atoms with Crippen LogP contribution in [0.4, 0.5) is 0 Å². The molecule has 0 bridgehead atoms. The third-order valence-electron chi connectivity index (χ3n) is 10.9. The molecule has 0 aliphatic heterocycles. The van der Waals surface area contributed by atoms with Crippen molar-refractivity contribution in [3.05, 3.63) is 170 Å². The van der Waals surface area contributed by atoms with Gasteiger partial charge in [-0.05, 0) is 64.7 Å². The van der Waals surface area contributed by atoms with Gasteiger partial charge in [-0.15, -0.1) is 0 Å². The Balaban J connectivity index is 1.30. The predicted octanol–water partition coefficient (Wildman–Crippen LogP) is 12.5. The predicted molar refractivity (Wildman–Crippen MR) is 218 cm³/mol. The molecule has 12 aromatic rings. The zero-order chi connectivity index (χ0) is 34.6. The normalized spacial score (nSPS) is 12.2. The molecule has 246 valence electrons. The summed E-state index contributed by atoms with van der Waals surface area (Å²) < 4.78 is 11.2. The fourth-order valence-corrected chi connectivity index (χ4v) is 8.60. The van der Waals surface area contributed by atoms with Crippen LogP contribution >= 0.6 is 0 Å². The summed E-state index contributed by atoms with van der Waals surface area (Å²) in [4.78, 5) is 11.1. The lowest BCUT2D eigenvalue weighted by molar-refractivity contribution is 0.653. The number of hydrogen-bond acceptors (Lipinski definition) is 3. The number of nitrogens with zero attached hydrogens (tertiary/aromatic N) is 4. The van der Waals surface area contributed by atoms with E-state index in [1.54, 1.807) is 0 Å². The third-order valence-corrected chi connectivity index (χ3v) is 10.9. The van der Waals surface area contributed by atoms with Crippen molar-refractivity contribution in [3.8, 4) is 22.8 Å². The lowest BCUT2D eigenvalue weighted by Gasteiger charge is -2.15. The minimum Gasteiger partial charge on any atom is -0.436 e. The SMILES string of the molecule is c1ccc(-n2c3ccccc3c3c(-c4nc5oc6ccccc6c5nc4-n4c5cc6ccccc6cc5c5ccc6ccccc6c54)cccc32)cc1. The van der Waals surface area contributed by atoms with E-state index < -0.39 is 0 Å². The summed E-state index contributed by atoms with van der Waals surface area (Å²) in [6.07, 6.45) is 0. The number of hydrogen-bond donors (Lipinski definition) is 0. The molecule has 4 heterocycles. The standard InChI is InChI=1S/C48H28N4O/c1-2-16-32(17-3-1)51-39-22-10-8-19-35(39)43-37(21-12-23-40(43)51)44-47(49-45-36-20-9-11-24-42(36)53-48(45)50-44)52-41-28-31-15-5-4-14-30(31)27-38(41)34-26-25-29-13-6-7-18-33(29)46(34)52/h1-28H. The molecule has 0 aliphatic carbocycles. The molecule has 0 unspecified atom stereocenters. The monoisotopic (exact) mass is 676 g/mol. The molecular weight excluding hydrogens is 649 g/mol. The van der Waals surface area contributed by atoms with Gasteiger partial charge in [0, 0.05) is 43.6 Å². The summed E-state index contributed by atoms with van der Waals surface area (Å²) in [5.74, 6) is 0.764. The highest BCUT2D eigenvalue weighted by Gasteiger charge is 2.25. The number of rotatable bonds is 3. The number of furan rings is 1. The lowest BCUT2D eigenvalue weighted by Crippen LogP contribution is -2.04. The molecule has 5 nitrogen and oxygen atoms in total. The molecule has 0 fully saturated rings. The van der Waals surface area contributed by atoms with Crippen molar-refractivity contribution in [1.29, 1.82) is 0 Å². The van der Waals surface area contributed by atoms with E-state index in [4.69, 9.17) is 14.4 Å². The molecule has 8 aromatic carbocycles. The van der Waals surface area contributed by atoms with Gasteiger partial charge in [0.1, 0.15) is 16.8 Å². The highest BCUT2D eigenvalue weighted by molar-refractivity contribution is 6.22. The van der Waals surface area contributed by atoms with Gasteiger partial charge < -0.3 is 8.98 Å². The van der Waals surface area contributed by atoms with Crippen LogP contribution in [-0.4, -0.2) is 19.1 Å². The van der Waals surface area contributed by atoms with Crippen LogP contribution in [0.1, 0.15) is 0 Å². The van der Waals surface area contributed by atoms with Gasteiger partial charge in [-0.3, -0.25) is 4.57 Å². The largest absolute Gasteiger partial charge is 0.436 e. The molecule has 0 spiro atoms. The summed E-state index contributed by atoms with van der Waals surface area (Å²) in [5, 5.41) is 10.3. The van der Waals surface area contributed by atoms with Gasteiger partial charge in [0.05, 0.1) is 22.1 Å². The fraction of sp³-hybridized carbons (Fsp3) is 0. The first-order chi connectivity index (χ1) is 26.3. The molecule has 0 N–H and O–H groups in total. The van der Waals surface area contributed by atoms with E-state index in [1.165, 1.54) is 26.9 Å². The second kappa shape index (κ2) is 10.6. The summed E-state index contributed by atoms with van der Waals surface area (Å²) >= 11 is 0. The highest BCUT2D eigenvalue weighted by Crippen LogP contribution is 2.44. The topological polar surface area (TPSA) is 48.8 Å². The minimum absolute atomic E-state index is 0.518. The minimum atomic E-state index is 0.518. The van der Waals surface area contributed by atoms with Gasteiger partial charge in [0.2, 0.25) is 5.71 Å². The zero-order valence-corrected chi connectivity index (χ0v) is 28.4. The summed E-state index contributed by atoms with van der Waals surface area (Å²) in [7, 11) is 0. The average molecular weight is 677 g/mol. The molecule has 0 aliphatic rings. The first-order valence-electron chi connectivity index (χ1n) is 17.9. The molecular formula is C48H28N4O. The van der Waals surface area contributed by atoms with E-state index in [9.17, 15) is 0 Å². The molecule has 0 radical (unpaired) electrons. The zero-order valence-electron chi connectivity index (χ0n) is 28.4. The van der Waals surface area contributed by atoms with Crippen LogP contribution in [0.25, 0.3) is 110 Å². The van der Waals surface area contributed by atoms with Crippen LogP contribution in [-0.2, 0) is 0 Å². The van der Waals surface area contributed by atoms with Crippen molar-refractivity contribution in [3.63, 3.8) is 0 Å². The third kappa shape index (κ3) is 3.96. The van der Waals surface area contributed by atoms with Gasteiger partial charge in [0.15, 0.2) is 5.82 Å². The van der Waals surface area contributed by atoms with Crippen LogP contribution in [0.15, 0.2) is 174 Å². The van der Waals surface area contributed by atoms with Crippen LogP contribution in [0, 0.1) is 0 Å². The smallest absolute Gasteiger partial charge is 0.247 e. The number of aromatic nitrogens is 4. The molecule has 0 saturated carbocycles. The maximum atomic E-state index is 6.48. The summed E-state index contributed by atoms with van der Waals surface area (Å²) in [6, 6.07) is 60.2. The van der Waals surface area contributed by atoms with Gasteiger partial charge in [-0.25, -0.2) is 9.97 Å². The Hall–Kier alpha value is -7.24. The van der Waals surface area contributed by atoms with Crippen LogP contribution < -0.4 is 0 Å². The van der Waals surface area contributed by atoms with Crippen molar-refractivity contribution >= 4 is 87.4 Å². The Morgan fingerprint density at radius 2 is 1.13 bits per heavy atom. The average Bonchev–Trinajstić information content (AvgIpc) is 3.87. The van der Waals surface area contributed by atoms with E-state index in [-0.39, 0.29) is 0 Å². The van der Waals surface area contributed by atoms with E-state index in [1.807, 2.05) is 18.2 Å². The van der Waals surface area contributed by atoms with Crippen molar-refractivity contribution in [2.24, 2.45) is 0 Å². The van der Waals surface area contributed by atoms with Gasteiger partial charge in [-0.2, -0.15) is 0 Å². The number of para-hydroxylation sites is 3. The first-order valence-corrected chi connectivity index (χ1v) is 17.9. The van der Waals surface area contributed by atoms with Gasteiger partial charge >= 0.3 is 0 Å². The van der Waals surface area contributed by atoms with E-state index in [0.29, 0.717) is 5.71 Å². The highest BCUT2D eigenvalue weighted by atomic mass is 16.3. The molecule has 0 saturated heterocycles. The second-order valence-corrected chi connectivity index (χ2v) is 13.8. The summed E-state index contributed by atoms with van der Waals surface area (Å²) in [6.45, 7) is 0. The Labute approximate surface area is 302 Å². The van der Waals surface area contributed by atoms with Gasteiger partial charge in [-0.1, -0.05) is 121 Å². The van der Waals surface area contributed by atoms with Crippen LogP contribution in [0.2, 0.25) is 0 Å². The quantitative estimate of drug-likeness (QED) is 0.187. The van der Waals surface area contributed by atoms with Crippen molar-refractivity contribution < 1.29 is 4.42 Å². The number of benzene rings is 8. The van der Waals surface area contributed by atoms with E-state index in [2.05, 4.69) is 161 Å². The molecule has 0 amide bonds. The first kappa shape index (κ1) is 28.5. The maximum absolute atomic E-state index is 6.48. The summed E-state index contributed by atoms with van der Waals surface area (Å²) in [5.41, 5.74) is 9.32. The van der Waals surface area contributed by atoms with E-state index >= 15 is 0 Å². The molecule has 0 atom stereocenters. The molecule has 4 aromatic heterocycles. The van der Waals surface area contributed by atoms with Crippen molar-refractivity contribution in [2.75, 3.05) is 0 Å². The number of fused-ring (bicyclic) bond motifs is 12. The second-order valence-electron chi connectivity index (χ2n) is 13.8. The van der Waals surface area contributed by atoms with Gasteiger partial charge in [0.25, 0.3) is 0 Å². The van der Waals surface area contributed by atoms with Crippen LogP contribution in [0.5, 0.6) is 0 Å². The Morgan fingerprint density at radius 3 is 2.00 bits per heavy atom. The fourth-order valence-electron chi connectivity index (χ4n) is 8.60. The van der Waals surface area contributed by atoms with E-state index in [0.717, 1.165) is 77.5 Å². The Kier molecular flexibility index (Phi) is 5.71. The molecule has 12 rings (SSSR count).